The van der Waals surface area contributed by atoms with Crippen LogP contribution in [0.1, 0.15) is 23.9 Å². The van der Waals surface area contributed by atoms with Gasteiger partial charge >= 0.3 is 0 Å². The molecule has 3 rings (SSSR count). The fourth-order valence-electron chi connectivity index (χ4n) is 3.51. The van der Waals surface area contributed by atoms with Crippen molar-refractivity contribution in [1.82, 2.24) is 30.3 Å². The van der Waals surface area contributed by atoms with Crippen molar-refractivity contribution in [3.05, 3.63) is 47.5 Å². The molecule has 0 amide bonds. The number of benzene rings is 1. The maximum Gasteiger partial charge on any atom is 0.191 e. The molecule has 0 unspecified atom stereocenters. The Morgan fingerprint density at radius 1 is 1.16 bits per heavy atom. The van der Waals surface area contributed by atoms with Crippen molar-refractivity contribution in [2.75, 3.05) is 53.1 Å². The zero-order valence-electron chi connectivity index (χ0n) is 19.1. The van der Waals surface area contributed by atoms with Crippen LogP contribution >= 0.6 is 24.0 Å². The average molecular weight is 557 g/mol. The van der Waals surface area contributed by atoms with Gasteiger partial charge in [-0.05, 0) is 11.1 Å². The van der Waals surface area contributed by atoms with Gasteiger partial charge in [0.05, 0.1) is 26.4 Å². The van der Waals surface area contributed by atoms with Crippen molar-refractivity contribution in [1.29, 1.82) is 0 Å². The van der Waals surface area contributed by atoms with Gasteiger partial charge in [0.2, 0.25) is 0 Å². The van der Waals surface area contributed by atoms with Gasteiger partial charge in [0.15, 0.2) is 5.96 Å². The first kappa shape index (κ1) is 26.5. The van der Waals surface area contributed by atoms with Crippen LogP contribution in [-0.2, 0) is 35.5 Å². The van der Waals surface area contributed by atoms with Gasteiger partial charge in [-0.15, -0.1) is 34.2 Å². The lowest BCUT2D eigenvalue weighted by Crippen LogP contribution is -2.40. The van der Waals surface area contributed by atoms with Gasteiger partial charge in [-0.2, -0.15) is 0 Å². The predicted octanol–water partition coefficient (Wildman–Crippen LogP) is 1.67. The van der Waals surface area contributed by atoms with Crippen LogP contribution in [0.4, 0.5) is 0 Å². The molecule has 9 nitrogen and oxygen atoms in total. The van der Waals surface area contributed by atoms with E-state index in [1.54, 1.807) is 13.4 Å². The van der Waals surface area contributed by atoms with Crippen LogP contribution in [0.3, 0.4) is 0 Å². The summed E-state index contributed by atoms with van der Waals surface area (Å²) in [5, 5.41) is 14.9. The maximum atomic E-state index is 5.47. The molecule has 0 bridgehead atoms. The van der Waals surface area contributed by atoms with E-state index in [0.29, 0.717) is 19.7 Å². The first-order chi connectivity index (χ1) is 15.3. The highest BCUT2D eigenvalue weighted by Crippen LogP contribution is 2.14. The minimum atomic E-state index is 0. The number of ether oxygens (including phenoxy) is 2. The number of aromatic nitrogens is 3. The third-order valence-corrected chi connectivity index (χ3v) is 5.28. The lowest BCUT2D eigenvalue weighted by Gasteiger charge is -2.27. The van der Waals surface area contributed by atoms with E-state index >= 15 is 0 Å². The summed E-state index contributed by atoms with van der Waals surface area (Å²) in [6.45, 7) is 10.1. The first-order valence-electron chi connectivity index (χ1n) is 11.0. The number of methoxy groups -OCH3 is 1. The molecule has 1 aromatic carbocycles. The van der Waals surface area contributed by atoms with E-state index in [2.05, 4.69) is 61.5 Å². The smallest absolute Gasteiger partial charge is 0.191 e. The Bertz CT molecular complexity index is 809. The van der Waals surface area contributed by atoms with Gasteiger partial charge in [-0.3, -0.25) is 4.90 Å². The third kappa shape index (κ3) is 8.64. The topological polar surface area (TPSA) is 88.8 Å². The number of rotatable bonds is 11. The maximum absolute atomic E-state index is 5.47. The summed E-state index contributed by atoms with van der Waals surface area (Å²) in [5.74, 6) is 1.77. The molecule has 1 aliphatic rings. The summed E-state index contributed by atoms with van der Waals surface area (Å²) in [5.41, 5.74) is 2.57. The van der Waals surface area contributed by atoms with E-state index in [-0.39, 0.29) is 24.0 Å². The molecule has 2 aromatic rings. The molecule has 178 valence electrons. The highest BCUT2D eigenvalue weighted by atomic mass is 127. The third-order valence-electron chi connectivity index (χ3n) is 5.28. The van der Waals surface area contributed by atoms with Crippen LogP contribution in [0.5, 0.6) is 0 Å². The van der Waals surface area contributed by atoms with E-state index in [0.717, 1.165) is 64.1 Å². The quantitative estimate of drug-likeness (QED) is 0.188. The number of hydrogen-bond acceptors (Lipinski definition) is 6. The van der Waals surface area contributed by atoms with Crippen molar-refractivity contribution in [2.24, 2.45) is 4.99 Å². The molecule has 1 aromatic heterocycles. The lowest BCUT2D eigenvalue weighted by molar-refractivity contribution is 0.0341. The Balaban J connectivity index is 0.00000363. The number of guanidine groups is 1. The highest BCUT2D eigenvalue weighted by molar-refractivity contribution is 14.0. The van der Waals surface area contributed by atoms with Crippen molar-refractivity contribution >= 4 is 29.9 Å². The Kier molecular flexibility index (Phi) is 12.5. The summed E-state index contributed by atoms with van der Waals surface area (Å²) in [7, 11) is 1.70. The molecular weight excluding hydrogens is 521 g/mol. The summed E-state index contributed by atoms with van der Waals surface area (Å²) in [4.78, 5) is 7.27. The molecular formula is C22H36IN7O2. The number of aryl methyl sites for hydroxylation is 1. The molecule has 1 aliphatic heterocycles. The van der Waals surface area contributed by atoms with Gasteiger partial charge in [0, 0.05) is 52.8 Å². The fraction of sp³-hybridized carbons (Fsp3) is 0.591. The van der Waals surface area contributed by atoms with Crippen LogP contribution in [0.25, 0.3) is 0 Å². The molecule has 32 heavy (non-hydrogen) atoms. The fourth-order valence-corrected chi connectivity index (χ4v) is 3.51. The lowest BCUT2D eigenvalue weighted by atomic mass is 10.1. The minimum Gasteiger partial charge on any atom is -0.383 e. The minimum absolute atomic E-state index is 0. The van der Waals surface area contributed by atoms with E-state index in [9.17, 15) is 0 Å². The largest absolute Gasteiger partial charge is 0.383 e. The standard InChI is InChI=1S/C22H35N7O2.HI/c1-3-21-27-26-18-29(21)10-8-23-22(24-9-13-30-2)25-16-19-6-4-5-7-20(19)17-28-11-14-31-15-12-28;/h4-7,18H,3,8-17H2,1-2H3,(H2,23,24,25);1H. The van der Waals surface area contributed by atoms with Crippen molar-refractivity contribution in [3.8, 4) is 0 Å². The molecule has 0 atom stereocenters. The van der Waals surface area contributed by atoms with Gasteiger partial charge in [0.25, 0.3) is 0 Å². The molecule has 0 spiro atoms. The van der Waals surface area contributed by atoms with Gasteiger partial charge in [0.1, 0.15) is 12.2 Å². The van der Waals surface area contributed by atoms with Crippen molar-refractivity contribution in [3.63, 3.8) is 0 Å². The van der Waals surface area contributed by atoms with E-state index < -0.39 is 0 Å². The Morgan fingerprint density at radius 2 is 1.91 bits per heavy atom. The SMILES string of the molecule is CCc1nncn1CCNC(=NCc1ccccc1CN1CCOCC1)NCCOC.I. The number of morpholine rings is 1. The number of halogens is 1. The second-order valence-corrected chi connectivity index (χ2v) is 7.46. The average Bonchev–Trinajstić information content (AvgIpc) is 3.26. The summed E-state index contributed by atoms with van der Waals surface area (Å²) in [6.07, 6.45) is 2.64. The number of hydrogen-bond donors (Lipinski definition) is 2. The number of aliphatic imine (C=N–C) groups is 1. The van der Waals surface area contributed by atoms with Crippen molar-refractivity contribution in [2.45, 2.75) is 33.0 Å². The van der Waals surface area contributed by atoms with Crippen molar-refractivity contribution < 1.29 is 9.47 Å². The van der Waals surface area contributed by atoms with Crippen LogP contribution in [0.2, 0.25) is 0 Å². The van der Waals surface area contributed by atoms with Crippen LogP contribution < -0.4 is 10.6 Å². The van der Waals surface area contributed by atoms with Gasteiger partial charge in [-0.25, -0.2) is 4.99 Å². The molecule has 2 N–H and O–H groups in total. The Labute approximate surface area is 208 Å². The highest BCUT2D eigenvalue weighted by Gasteiger charge is 2.12. The zero-order valence-corrected chi connectivity index (χ0v) is 21.5. The van der Waals surface area contributed by atoms with Crippen LogP contribution in [0, 0.1) is 0 Å². The predicted molar refractivity (Wildman–Crippen MR) is 136 cm³/mol. The molecule has 1 fully saturated rings. The zero-order chi connectivity index (χ0) is 21.7. The second-order valence-electron chi connectivity index (χ2n) is 7.46. The Morgan fingerprint density at radius 3 is 2.66 bits per heavy atom. The molecule has 0 aliphatic carbocycles. The van der Waals surface area contributed by atoms with E-state index in [1.165, 1.54) is 11.1 Å². The van der Waals surface area contributed by atoms with E-state index in [4.69, 9.17) is 14.5 Å². The normalized spacial score (nSPS) is 14.8. The second kappa shape index (κ2) is 15.1. The Hall–Kier alpha value is -1.76. The van der Waals surface area contributed by atoms with Gasteiger partial charge < -0.3 is 24.7 Å². The number of nitrogens with one attached hydrogen (secondary N) is 2. The van der Waals surface area contributed by atoms with Crippen LogP contribution in [0.15, 0.2) is 35.6 Å². The first-order valence-corrected chi connectivity index (χ1v) is 11.0. The monoisotopic (exact) mass is 557 g/mol. The summed E-state index contributed by atoms with van der Waals surface area (Å²) in [6, 6.07) is 8.54. The molecule has 1 saturated heterocycles. The van der Waals surface area contributed by atoms with E-state index in [1.807, 2.05) is 0 Å². The van der Waals surface area contributed by atoms with Gasteiger partial charge in [-0.1, -0.05) is 31.2 Å². The van der Waals surface area contributed by atoms with Crippen LogP contribution in [-0.4, -0.2) is 78.7 Å². The molecule has 0 radical (unpaired) electrons. The summed E-state index contributed by atoms with van der Waals surface area (Å²) >= 11 is 0. The molecule has 0 saturated carbocycles. The number of nitrogens with zero attached hydrogens (tertiary/aromatic N) is 5. The summed E-state index contributed by atoms with van der Waals surface area (Å²) < 4.78 is 12.7. The molecule has 2 heterocycles. The molecule has 10 heteroatoms.